The van der Waals surface area contributed by atoms with Gasteiger partial charge in [-0.25, -0.2) is 27.1 Å². The average Bonchev–Trinajstić information content (AvgIpc) is 2.38. The summed E-state index contributed by atoms with van der Waals surface area (Å²) in [5.41, 5.74) is -0.674. The van der Waals surface area contributed by atoms with Crippen molar-refractivity contribution in [3.63, 3.8) is 0 Å². The second kappa shape index (κ2) is 6.04. The molecule has 116 valence electrons. The largest absolute Gasteiger partial charge is 0.459 e. The van der Waals surface area contributed by atoms with Crippen LogP contribution in [-0.4, -0.2) is 33.7 Å². The van der Waals surface area contributed by atoms with Crippen molar-refractivity contribution in [2.24, 2.45) is 5.14 Å². The average molecular weight is 321 g/mol. The molecule has 0 spiro atoms. The molecule has 0 aromatic heterocycles. The van der Waals surface area contributed by atoms with E-state index >= 15 is 0 Å². The van der Waals surface area contributed by atoms with E-state index in [0.717, 1.165) is 0 Å². The number of esters is 1. The molecule has 21 heavy (non-hydrogen) atoms. The van der Waals surface area contributed by atoms with Crippen LogP contribution in [0, 0.1) is 11.6 Å². The van der Waals surface area contributed by atoms with Gasteiger partial charge in [0.2, 0.25) is 10.0 Å². The third kappa shape index (κ3) is 3.74. The number of hydrogen-bond donors (Lipinski definition) is 1. The highest BCUT2D eigenvalue weighted by molar-refractivity contribution is 7.89. The molecule has 0 bridgehead atoms. The molecule has 1 aromatic rings. The van der Waals surface area contributed by atoms with Crippen molar-refractivity contribution in [2.45, 2.75) is 23.8 Å². The molecular weight excluding hydrogens is 308 g/mol. The first-order valence-corrected chi connectivity index (χ1v) is 7.64. The number of carbonyl (C=O) groups excluding carboxylic acids is 1. The van der Waals surface area contributed by atoms with Crippen molar-refractivity contribution < 1.29 is 31.5 Å². The summed E-state index contributed by atoms with van der Waals surface area (Å²) in [5, 5.41) is 4.80. The standard InChI is InChI=1S/C12H13F2NO5S/c13-9-6-10(14)11(21(15,17)18)5-8(9)12(16)20-7-1-3-19-4-2-7/h5-7H,1-4H2,(H2,15,17,18). The smallest absolute Gasteiger partial charge is 0.341 e. The third-order valence-electron chi connectivity index (χ3n) is 2.99. The quantitative estimate of drug-likeness (QED) is 0.836. The van der Waals surface area contributed by atoms with Gasteiger partial charge in [0.15, 0.2) is 0 Å². The zero-order valence-corrected chi connectivity index (χ0v) is 11.7. The minimum Gasteiger partial charge on any atom is -0.459 e. The predicted molar refractivity (Wildman–Crippen MR) is 67.0 cm³/mol. The zero-order valence-electron chi connectivity index (χ0n) is 10.8. The lowest BCUT2D eigenvalue weighted by molar-refractivity contribution is -0.0162. The van der Waals surface area contributed by atoms with Crippen LogP contribution in [0.3, 0.4) is 0 Å². The predicted octanol–water partition coefficient (Wildman–Crippen LogP) is 0.948. The van der Waals surface area contributed by atoms with E-state index in [4.69, 9.17) is 14.6 Å². The molecular formula is C12H13F2NO5S. The summed E-state index contributed by atoms with van der Waals surface area (Å²) in [6, 6.07) is 0.835. The molecule has 1 aliphatic heterocycles. The molecule has 0 aliphatic carbocycles. The minimum atomic E-state index is -4.41. The molecule has 1 heterocycles. The van der Waals surface area contributed by atoms with E-state index in [2.05, 4.69) is 0 Å². The highest BCUT2D eigenvalue weighted by Gasteiger charge is 2.25. The van der Waals surface area contributed by atoms with E-state index in [1.54, 1.807) is 0 Å². The maximum Gasteiger partial charge on any atom is 0.341 e. The van der Waals surface area contributed by atoms with Gasteiger partial charge in [0.1, 0.15) is 22.6 Å². The Hall–Kier alpha value is -1.58. The van der Waals surface area contributed by atoms with Crippen molar-refractivity contribution in [3.05, 3.63) is 29.3 Å². The van der Waals surface area contributed by atoms with Crippen LogP contribution in [0.4, 0.5) is 8.78 Å². The van der Waals surface area contributed by atoms with Crippen LogP contribution in [0.2, 0.25) is 0 Å². The topological polar surface area (TPSA) is 95.7 Å². The second-order valence-corrected chi connectivity index (χ2v) is 6.05. The van der Waals surface area contributed by atoms with E-state index in [-0.39, 0.29) is 0 Å². The van der Waals surface area contributed by atoms with E-state index in [9.17, 15) is 22.0 Å². The number of halogens is 2. The van der Waals surface area contributed by atoms with Gasteiger partial charge >= 0.3 is 5.97 Å². The van der Waals surface area contributed by atoms with Gasteiger partial charge in [0, 0.05) is 18.9 Å². The van der Waals surface area contributed by atoms with E-state index in [1.807, 2.05) is 0 Å². The van der Waals surface area contributed by atoms with Crippen molar-refractivity contribution in [3.8, 4) is 0 Å². The molecule has 0 radical (unpaired) electrons. The first-order valence-electron chi connectivity index (χ1n) is 6.09. The number of rotatable bonds is 3. The highest BCUT2D eigenvalue weighted by Crippen LogP contribution is 2.21. The summed E-state index contributed by atoms with van der Waals surface area (Å²) in [6.07, 6.45) is 0.460. The highest BCUT2D eigenvalue weighted by atomic mass is 32.2. The van der Waals surface area contributed by atoms with Crippen LogP contribution in [0.1, 0.15) is 23.2 Å². The lowest BCUT2D eigenvalue weighted by Gasteiger charge is -2.22. The number of primary sulfonamides is 1. The fourth-order valence-corrected chi connectivity index (χ4v) is 2.53. The molecule has 0 atom stereocenters. The third-order valence-corrected chi connectivity index (χ3v) is 3.92. The number of ether oxygens (including phenoxy) is 2. The Kier molecular flexibility index (Phi) is 4.55. The van der Waals surface area contributed by atoms with Crippen molar-refractivity contribution in [1.29, 1.82) is 0 Å². The van der Waals surface area contributed by atoms with Gasteiger partial charge in [0.25, 0.3) is 0 Å². The Balaban J connectivity index is 2.28. The van der Waals surface area contributed by atoms with Crippen molar-refractivity contribution in [1.82, 2.24) is 0 Å². The van der Waals surface area contributed by atoms with Gasteiger partial charge in [0.05, 0.1) is 18.8 Å². The van der Waals surface area contributed by atoms with Crippen LogP contribution in [0.25, 0.3) is 0 Å². The zero-order chi connectivity index (χ0) is 15.6. The number of benzene rings is 1. The van der Waals surface area contributed by atoms with Crippen LogP contribution >= 0.6 is 0 Å². The Morgan fingerprint density at radius 1 is 1.24 bits per heavy atom. The molecule has 6 nitrogen and oxygen atoms in total. The summed E-state index contributed by atoms with van der Waals surface area (Å²) < 4.78 is 59.5. The molecule has 9 heteroatoms. The second-order valence-electron chi connectivity index (χ2n) is 4.52. The fraction of sp³-hybridized carbons (Fsp3) is 0.417. The van der Waals surface area contributed by atoms with E-state index < -0.39 is 44.2 Å². The lowest BCUT2D eigenvalue weighted by Crippen LogP contribution is -2.26. The van der Waals surface area contributed by atoms with Crippen LogP contribution in [-0.2, 0) is 19.5 Å². The number of carbonyl (C=O) groups is 1. The maximum atomic E-state index is 13.6. The van der Waals surface area contributed by atoms with Gasteiger partial charge in [-0.1, -0.05) is 0 Å². The molecule has 0 unspecified atom stereocenters. The first-order chi connectivity index (χ1) is 9.79. The minimum absolute atomic E-state index is 0.292. The van der Waals surface area contributed by atoms with Crippen molar-refractivity contribution in [2.75, 3.05) is 13.2 Å². The Labute approximate surface area is 119 Å². The summed E-state index contributed by atoms with van der Waals surface area (Å²) in [7, 11) is -4.41. The number of nitrogens with two attached hydrogens (primary N) is 1. The summed E-state index contributed by atoms with van der Waals surface area (Å²) >= 11 is 0. The molecule has 1 aliphatic rings. The summed E-state index contributed by atoms with van der Waals surface area (Å²) in [6.45, 7) is 0.818. The van der Waals surface area contributed by atoms with Gasteiger partial charge in [-0.2, -0.15) is 0 Å². The van der Waals surface area contributed by atoms with Gasteiger partial charge in [-0.15, -0.1) is 0 Å². The number of hydrogen-bond acceptors (Lipinski definition) is 5. The van der Waals surface area contributed by atoms with Crippen molar-refractivity contribution >= 4 is 16.0 Å². The molecule has 1 saturated heterocycles. The Bertz CT molecular complexity index is 656. The summed E-state index contributed by atoms with van der Waals surface area (Å²) in [4.78, 5) is 10.9. The Morgan fingerprint density at radius 3 is 2.43 bits per heavy atom. The van der Waals surface area contributed by atoms with Crippen LogP contribution in [0.5, 0.6) is 0 Å². The van der Waals surface area contributed by atoms with Gasteiger partial charge in [-0.05, 0) is 6.07 Å². The number of sulfonamides is 1. The molecule has 2 rings (SSSR count). The van der Waals surface area contributed by atoms with Crippen LogP contribution < -0.4 is 5.14 Å². The maximum absolute atomic E-state index is 13.6. The Morgan fingerprint density at radius 2 is 1.86 bits per heavy atom. The molecule has 0 saturated carbocycles. The first kappa shape index (κ1) is 15.8. The lowest BCUT2D eigenvalue weighted by atomic mass is 10.1. The molecule has 0 amide bonds. The molecule has 2 N–H and O–H groups in total. The SMILES string of the molecule is NS(=O)(=O)c1cc(C(=O)OC2CCOCC2)c(F)cc1F. The monoisotopic (exact) mass is 321 g/mol. The van der Waals surface area contributed by atoms with E-state index in [1.165, 1.54) is 0 Å². The molecule has 1 aromatic carbocycles. The fourth-order valence-electron chi connectivity index (χ4n) is 1.91. The van der Waals surface area contributed by atoms with Crippen LogP contribution in [0.15, 0.2) is 17.0 Å². The summed E-state index contributed by atoms with van der Waals surface area (Å²) in [5.74, 6) is -3.64. The van der Waals surface area contributed by atoms with E-state index in [0.29, 0.717) is 38.2 Å². The molecule has 1 fully saturated rings. The van der Waals surface area contributed by atoms with Gasteiger partial charge < -0.3 is 9.47 Å². The normalized spacial score (nSPS) is 16.7. The van der Waals surface area contributed by atoms with Gasteiger partial charge in [-0.3, -0.25) is 0 Å².